The molecule has 6 nitrogen and oxygen atoms in total. The predicted octanol–water partition coefficient (Wildman–Crippen LogP) is 3.92. The van der Waals surface area contributed by atoms with E-state index in [1.54, 1.807) is 0 Å². The SMILES string of the molecule is CC(=O)Nc1ccc(N2CCN(C(=O)Nc3c(C)cc(C)cc3C)CC2)cc1. The van der Waals surface area contributed by atoms with Crippen LogP contribution < -0.4 is 15.5 Å². The minimum Gasteiger partial charge on any atom is -0.368 e. The quantitative estimate of drug-likeness (QED) is 0.848. The number of aryl methyl sites for hydroxylation is 3. The normalized spacial score (nSPS) is 14.0. The lowest BCUT2D eigenvalue weighted by Gasteiger charge is -2.36. The Hall–Kier alpha value is -3.02. The summed E-state index contributed by atoms with van der Waals surface area (Å²) in [6.07, 6.45) is 0. The maximum absolute atomic E-state index is 12.7. The molecule has 1 aliphatic rings. The van der Waals surface area contributed by atoms with Gasteiger partial charge in [-0.3, -0.25) is 4.79 Å². The maximum atomic E-state index is 12.7. The molecule has 6 heteroatoms. The Morgan fingerprint density at radius 3 is 1.96 bits per heavy atom. The van der Waals surface area contributed by atoms with Crippen molar-refractivity contribution >= 4 is 29.0 Å². The Bertz CT molecular complexity index is 846. The van der Waals surface area contributed by atoms with Crippen LogP contribution in [-0.4, -0.2) is 43.0 Å². The van der Waals surface area contributed by atoms with Gasteiger partial charge in [-0.25, -0.2) is 4.79 Å². The molecule has 1 saturated heterocycles. The number of urea groups is 1. The molecular formula is C22H28N4O2. The minimum atomic E-state index is -0.0774. The van der Waals surface area contributed by atoms with E-state index >= 15 is 0 Å². The zero-order valence-corrected chi connectivity index (χ0v) is 17.0. The van der Waals surface area contributed by atoms with Crippen LogP contribution in [0.5, 0.6) is 0 Å². The van der Waals surface area contributed by atoms with Crippen molar-refractivity contribution in [2.45, 2.75) is 27.7 Å². The molecule has 0 aromatic heterocycles. The monoisotopic (exact) mass is 380 g/mol. The molecule has 2 N–H and O–H groups in total. The van der Waals surface area contributed by atoms with Crippen LogP contribution in [0.1, 0.15) is 23.6 Å². The average molecular weight is 380 g/mol. The molecule has 0 radical (unpaired) electrons. The number of benzene rings is 2. The van der Waals surface area contributed by atoms with Gasteiger partial charge >= 0.3 is 6.03 Å². The number of anilines is 3. The second-order valence-corrected chi connectivity index (χ2v) is 7.41. The van der Waals surface area contributed by atoms with Gasteiger partial charge in [-0.1, -0.05) is 17.7 Å². The van der Waals surface area contributed by atoms with E-state index in [9.17, 15) is 9.59 Å². The van der Waals surface area contributed by atoms with Crippen molar-refractivity contribution < 1.29 is 9.59 Å². The Labute approximate surface area is 166 Å². The van der Waals surface area contributed by atoms with Gasteiger partial charge in [0.2, 0.25) is 5.91 Å². The lowest BCUT2D eigenvalue weighted by molar-refractivity contribution is -0.114. The van der Waals surface area contributed by atoms with Crippen LogP contribution in [-0.2, 0) is 4.79 Å². The summed E-state index contributed by atoms with van der Waals surface area (Å²) < 4.78 is 0. The molecule has 0 unspecified atom stereocenters. The highest BCUT2D eigenvalue weighted by Crippen LogP contribution is 2.23. The van der Waals surface area contributed by atoms with Gasteiger partial charge in [0.1, 0.15) is 0 Å². The van der Waals surface area contributed by atoms with Crippen LogP contribution in [0.15, 0.2) is 36.4 Å². The molecule has 1 heterocycles. The van der Waals surface area contributed by atoms with Gasteiger partial charge < -0.3 is 20.4 Å². The number of rotatable bonds is 3. The lowest BCUT2D eigenvalue weighted by Crippen LogP contribution is -2.50. The summed E-state index contributed by atoms with van der Waals surface area (Å²) in [4.78, 5) is 27.9. The lowest BCUT2D eigenvalue weighted by atomic mass is 10.1. The molecule has 1 aliphatic heterocycles. The fraction of sp³-hybridized carbons (Fsp3) is 0.364. The van der Waals surface area contributed by atoms with Gasteiger partial charge in [-0.15, -0.1) is 0 Å². The summed E-state index contributed by atoms with van der Waals surface area (Å²) >= 11 is 0. The second kappa shape index (κ2) is 8.33. The van der Waals surface area contributed by atoms with Crippen molar-refractivity contribution in [1.82, 2.24) is 4.90 Å². The fourth-order valence-electron chi connectivity index (χ4n) is 3.69. The van der Waals surface area contributed by atoms with Crippen molar-refractivity contribution in [1.29, 1.82) is 0 Å². The first-order valence-corrected chi connectivity index (χ1v) is 9.60. The Balaban J connectivity index is 1.58. The highest BCUT2D eigenvalue weighted by molar-refractivity contribution is 5.91. The zero-order valence-electron chi connectivity index (χ0n) is 17.0. The highest BCUT2D eigenvalue weighted by atomic mass is 16.2. The maximum Gasteiger partial charge on any atom is 0.321 e. The van der Waals surface area contributed by atoms with Crippen LogP contribution in [0.2, 0.25) is 0 Å². The van der Waals surface area contributed by atoms with E-state index in [0.29, 0.717) is 13.1 Å². The number of piperazine rings is 1. The topological polar surface area (TPSA) is 64.7 Å². The molecule has 0 atom stereocenters. The molecule has 0 bridgehead atoms. The number of carbonyl (C=O) groups is 2. The van der Waals surface area contributed by atoms with Gasteiger partial charge in [0, 0.05) is 50.2 Å². The average Bonchev–Trinajstić information content (AvgIpc) is 2.65. The van der Waals surface area contributed by atoms with Crippen LogP contribution in [0.3, 0.4) is 0 Å². The number of hydrogen-bond donors (Lipinski definition) is 2. The predicted molar refractivity (Wildman–Crippen MR) is 114 cm³/mol. The number of nitrogens with zero attached hydrogens (tertiary/aromatic N) is 2. The van der Waals surface area contributed by atoms with E-state index in [-0.39, 0.29) is 11.9 Å². The number of hydrogen-bond acceptors (Lipinski definition) is 3. The Morgan fingerprint density at radius 1 is 0.857 bits per heavy atom. The van der Waals surface area contributed by atoms with Crippen LogP contribution in [0.25, 0.3) is 0 Å². The number of carbonyl (C=O) groups excluding carboxylic acids is 2. The smallest absolute Gasteiger partial charge is 0.321 e. The molecule has 148 valence electrons. The third-order valence-electron chi connectivity index (χ3n) is 5.03. The van der Waals surface area contributed by atoms with Crippen molar-refractivity contribution in [2.75, 3.05) is 41.7 Å². The highest BCUT2D eigenvalue weighted by Gasteiger charge is 2.22. The zero-order chi connectivity index (χ0) is 20.3. The molecule has 1 fully saturated rings. The van der Waals surface area contributed by atoms with Crippen molar-refractivity contribution in [3.8, 4) is 0 Å². The summed E-state index contributed by atoms with van der Waals surface area (Å²) in [6, 6.07) is 11.9. The molecule has 3 rings (SSSR count). The Morgan fingerprint density at radius 2 is 1.43 bits per heavy atom. The Kier molecular flexibility index (Phi) is 5.87. The number of nitrogens with one attached hydrogen (secondary N) is 2. The van der Waals surface area contributed by atoms with Gasteiger partial charge in [-0.2, -0.15) is 0 Å². The van der Waals surface area contributed by atoms with E-state index in [2.05, 4.69) is 34.6 Å². The van der Waals surface area contributed by atoms with Gasteiger partial charge in [0.25, 0.3) is 0 Å². The molecule has 0 saturated carbocycles. The van der Waals surface area contributed by atoms with Crippen molar-refractivity contribution in [3.63, 3.8) is 0 Å². The van der Waals surface area contributed by atoms with Crippen molar-refractivity contribution in [3.05, 3.63) is 53.1 Å². The molecule has 2 aromatic rings. The standard InChI is InChI=1S/C22H28N4O2/c1-15-13-16(2)21(17(3)14-15)24-22(28)26-11-9-25(10-12-26)20-7-5-19(6-8-20)23-18(4)27/h5-8,13-14H,9-12H2,1-4H3,(H,23,27)(H,24,28). The van der Waals surface area contributed by atoms with E-state index in [1.165, 1.54) is 12.5 Å². The van der Waals surface area contributed by atoms with E-state index < -0.39 is 0 Å². The third-order valence-corrected chi connectivity index (χ3v) is 5.03. The third kappa shape index (κ3) is 4.63. The first kappa shape index (κ1) is 19.7. The first-order chi connectivity index (χ1) is 13.3. The molecule has 0 spiro atoms. The summed E-state index contributed by atoms with van der Waals surface area (Å²) in [5.41, 5.74) is 6.17. The summed E-state index contributed by atoms with van der Waals surface area (Å²) in [7, 11) is 0. The van der Waals surface area contributed by atoms with Gasteiger partial charge in [0.15, 0.2) is 0 Å². The summed E-state index contributed by atoms with van der Waals surface area (Å²) in [5, 5.41) is 5.86. The fourth-order valence-corrected chi connectivity index (χ4v) is 3.69. The molecule has 2 aromatic carbocycles. The van der Waals surface area contributed by atoms with Crippen LogP contribution in [0.4, 0.5) is 21.9 Å². The van der Waals surface area contributed by atoms with Gasteiger partial charge in [0.05, 0.1) is 0 Å². The van der Waals surface area contributed by atoms with E-state index in [0.717, 1.165) is 41.3 Å². The van der Waals surface area contributed by atoms with Gasteiger partial charge in [-0.05, 0) is 56.2 Å². The summed E-state index contributed by atoms with van der Waals surface area (Å²) in [6.45, 7) is 10.5. The largest absolute Gasteiger partial charge is 0.368 e. The van der Waals surface area contributed by atoms with E-state index in [1.807, 2.05) is 43.0 Å². The molecular weight excluding hydrogens is 352 g/mol. The van der Waals surface area contributed by atoms with E-state index in [4.69, 9.17) is 0 Å². The van der Waals surface area contributed by atoms with Crippen molar-refractivity contribution in [2.24, 2.45) is 0 Å². The summed E-state index contributed by atoms with van der Waals surface area (Å²) in [5.74, 6) is -0.0774. The number of amides is 3. The minimum absolute atomic E-state index is 0.0456. The van der Waals surface area contributed by atoms with Crippen LogP contribution >= 0.6 is 0 Å². The molecule has 3 amide bonds. The first-order valence-electron chi connectivity index (χ1n) is 9.60. The molecule has 28 heavy (non-hydrogen) atoms. The van der Waals surface area contributed by atoms with Crippen LogP contribution in [0, 0.1) is 20.8 Å². The second-order valence-electron chi connectivity index (χ2n) is 7.41. The molecule has 0 aliphatic carbocycles.